The number of carboxylic acid groups (broad SMARTS) is 1. The second-order valence-corrected chi connectivity index (χ2v) is 2.36. The number of aliphatic hydroxyl groups is 1. The van der Waals surface area contributed by atoms with Crippen LogP contribution in [-0.2, 0) is 4.79 Å². The van der Waals surface area contributed by atoms with E-state index in [0.717, 1.165) is 6.08 Å². The van der Waals surface area contributed by atoms with Gasteiger partial charge in [0.05, 0.1) is 5.69 Å². The van der Waals surface area contributed by atoms with E-state index in [0.29, 0.717) is 11.5 Å². The van der Waals surface area contributed by atoms with Gasteiger partial charge in [-0.2, -0.15) is 0 Å². The van der Waals surface area contributed by atoms with Crippen LogP contribution >= 0.6 is 0 Å². The molecule has 0 radical (unpaired) electrons. The third kappa shape index (κ3) is 2.55. The molecular weight excluding hydrogens is 172 g/mol. The molecule has 0 fully saturated rings. The molecule has 0 atom stereocenters. The molecule has 0 bridgehead atoms. The van der Waals surface area contributed by atoms with Gasteiger partial charge in [0.1, 0.15) is 5.82 Å². The van der Waals surface area contributed by atoms with Crippen molar-refractivity contribution in [1.82, 2.24) is 9.97 Å². The summed E-state index contributed by atoms with van der Waals surface area (Å²) in [4.78, 5) is 17.9. The highest BCUT2D eigenvalue weighted by atomic mass is 16.4. The summed E-state index contributed by atoms with van der Waals surface area (Å²) in [5.41, 5.74) is 0.368. The summed E-state index contributed by atoms with van der Waals surface area (Å²) in [6.07, 6.45) is 2.56. The van der Waals surface area contributed by atoms with E-state index in [9.17, 15) is 4.79 Å². The molecule has 0 aliphatic rings. The lowest BCUT2D eigenvalue weighted by Crippen LogP contribution is -1.99. The highest BCUT2D eigenvalue weighted by Gasteiger charge is 2.03. The first-order chi connectivity index (χ1) is 6.09. The van der Waals surface area contributed by atoms with Crippen LogP contribution < -0.4 is 0 Å². The number of aryl methyl sites for hydroxylation is 1. The quantitative estimate of drug-likeness (QED) is 0.518. The van der Waals surface area contributed by atoms with E-state index < -0.39 is 11.7 Å². The molecule has 0 saturated carbocycles. The third-order valence-corrected chi connectivity index (χ3v) is 1.30. The fourth-order valence-corrected chi connectivity index (χ4v) is 0.757. The Morgan fingerprint density at radius 2 is 2.23 bits per heavy atom. The Labute approximate surface area is 74.4 Å². The van der Waals surface area contributed by atoms with Crippen molar-refractivity contribution >= 4 is 12.0 Å². The highest BCUT2D eigenvalue weighted by Crippen LogP contribution is 2.01. The first kappa shape index (κ1) is 9.18. The van der Waals surface area contributed by atoms with Crippen LogP contribution in [0.15, 0.2) is 18.0 Å². The van der Waals surface area contributed by atoms with Crippen molar-refractivity contribution < 1.29 is 15.0 Å². The van der Waals surface area contributed by atoms with Crippen LogP contribution in [0.4, 0.5) is 0 Å². The van der Waals surface area contributed by atoms with Gasteiger partial charge in [-0.1, -0.05) is 0 Å². The molecule has 1 aromatic rings. The Morgan fingerprint density at radius 1 is 1.54 bits per heavy atom. The van der Waals surface area contributed by atoms with Crippen molar-refractivity contribution in [3.05, 3.63) is 29.5 Å². The minimum atomic E-state index is -1.38. The molecule has 2 N–H and O–H groups in total. The van der Waals surface area contributed by atoms with Crippen molar-refractivity contribution in [2.24, 2.45) is 0 Å². The zero-order chi connectivity index (χ0) is 9.84. The molecule has 0 aliphatic heterocycles. The largest absolute Gasteiger partial charge is 0.502 e. The van der Waals surface area contributed by atoms with E-state index in [4.69, 9.17) is 10.2 Å². The third-order valence-electron chi connectivity index (χ3n) is 1.30. The molecule has 1 heterocycles. The van der Waals surface area contributed by atoms with Crippen LogP contribution in [0.25, 0.3) is 6.08 Å². The van der Waals surface area contributed by atoms with Gasteiger partial charge in [0.2, 0.25) is 5.76 Å². The number of aliphatic carboxylic acids is 1. The van der Waals surface area contributed by atoms with Gasteiger partial charge >= 0.3 is 5.97 Å². The zero-order valence-corrected chi connectivity index (χ0v) is 6.93. The van der Waals surface area contributed by atoms with Crippen LogP contribution in [0, 0.1) is 6.92 Å². The average Bonchev–Trinajstić information content (AvgIpc) is 2.04. The lowest BCUT2D eigenvalue weighted by Gasteiger charge is -1.94. The SMILES string of the molecule is Cc1nccc(/C=C(/O)C(=O)O)n1. The summed E-state index contributed by atoms with van der Waals surface area (Å²) in [6.45, 7) is 1.68. The van der Waals surface area contributed by atoms with Gasteiger partial charge in [0.25, 0.3) is 0 Å². The molecule has 13 heavy (non-hydrogen) atoms. The highest BCUT2D eigenvalue weighted by molar-refractivity contribution is 5.88. The molecule has 1 aromatic heterocycles. The Kier molecular flexibility index (Phi) is 2.59. The number of aromatic nitrogens is 2. The molecule has 0 aliphatic carbocycles. The summed E-state index contributed by atoms with van der Waals surface area (Å²) >= 11 is 0. The van der Waals surface area contributed by atoms with Crippen molar-refractivity contribution in [3.8, 4) is 0 Å². The van der Waals surface area contributed by atoms with Gasteiger partial charge in [-0.15, -0.1) is 0 Å². The Balaban J connectivity index is 2.97. The molecule has 0 saturated heterocycles. The average molecular weight is 180 g/mol. The van der Waals surface area contributed by atoms with Crippen LogP contribution in [0.3, 0.4) is 0 Å². The number of rotatable bonds is 2. The van der Waals surface area contributed by atoms with E-state index in [2.05, 4.69) is 9.97 Å². The lowest BCUT2D eigenvalue weighted by molar-refractivity contribution is -0.135. The Bertz CT molecular complexity index is 360. The topological polar surface area (TPSA) is 83.3 Å². The maximum absolute atomic E-state index is 10.2. The van der Waals surface area contributed by atoms with Gasteiger partial charge in [0, 0.05) is 12.3 Å². The van der Waals surface area contributed by atoms with Crippen LogP contribution in [0.5, 0.6) is 0 Å². The fourth-order valence-electron chi connectivity index (χ4n) is 0.757. The van der Waals surface area contributed by atoms with Crippen molar-refractivity contribution in [2.75, 3.05) is 0 Å². The number of carboxylic acids is 1. The second kappa shape index (κ2) is 3.66. The molecule has 0 unspecified atom stereocenters. The minimum Gasteiger partial charge on any atom is -0.502 e. The summed E-state index contributed by atoms with van der Waals surface area (Å²) < 4.78 is 0. The minimum absolute atomic E-state index is 0.368. The van der Waals surface area contributed by atoms with Gasteiger partial charge in [0.15, 0.2) is 0 Å². The molecule has 5 heteroatoms. The number of hydrogen-bond acceptors (Lipinski definition) is 4. The summed E-state index contributed by atoms with van der Waals surface area (Å²) in [7, 11) is 0. The summed E-state index contributed by atoms with van der Waals surface area (Å²) in [6, 6.07) is 1.51. The smallest absolute Gasteiger partial charge is 0.371 e. The molecule has 0 spiro atoms. The molecule has 5 nitrogen and oxygen atoms in total. The van der Waals surface area contributed by atoms with Gasteiger partial charge in [-0.25, -0.2) is 14.8 Å². The standard InChI is InChI=1S/C8H8N2O3/c1-5-9-3-2-6(10-5)4-7(11)8(12)13/h2-4,11H,1H3,(H,12,13)/b7-4+. The predicted molar refractivity (Wildman–Crippen MR) is 45.0 cm³/mol. The Hall–Kier alpha value is -1.91. The number of hydrogen-bond donors (Lipinski definition) is 2. The van der Waals surface area contributed by atoms with E-state index >= 15 is 0 Å². The van der Waals surface area contributed by atoms with Gasteiger partial charge < -0.3 is 10.2 Å². The fraction of sp³-hybridized carbons (Fsp3) is 0.125. The maximum Gasteiger partial charge on any atom is 0.371 e. The second-order valence-electron chi connectivity index (χ2n) is 2.36. The predicted octanol–water partition coefficient (Wildman–Crippen LogP) is 0.769. The monoisotopic (exact) mass is 180 g/mol. The normalized spacial score (nSPS) is 11.3. The van der Waals surface area contributed by atoms with Crippen molar-refractivity contribution in [2.45, 2.75) is 6.92 Å². The maximum atomic E-state index is 10.2. The van der Waals surface area contributed by atoms with E-state index in [1.807, 2.05) is 0 Å². The number of nitrogens with zero attached hydrogens (tertiary/aromatic N) is 2. The molecular formula is C8H8N2O3. The first-order valence-corrected chi connectivity index (χ1v) is 3.53. The zero-order valence-electron chi connectivity index (χ0n) is 6.93. The number of carbonyl (C=O) groups is 1. The summed E-state index contributed by atoms with van der Waals surface area (Å²) in [5.74, 6) is -1.60. The van der Waals surface area contributed by atoms with Crippen LogP contribution in [-0.4, -0.2) is 26.2 Å². The van der Waals surface area contributed by atoms with Gasteiger partial charge in [-0.05, 0) is 13.0 Å². The van der Waals surface area contributed by atoms with Crippen molar-refractivity contribution in [1.29, 1.82) is 0 Å². The van der Waals surface area contributed by atoms with E-state index in [1.54, 1.807) is 6.92 Å². The first-order valence-electron chi connectivity index (χ1n) is 3.53. The molecule has 0 aromatic carbocycles. The van der Waals surface area contributed by atoms with Crippen molar-refractivity contribution in [3.63, 3.8) is 0 Å². The van der Waals surface area contributed by atoms with E-state index in [-0.39, 0.29) is 0 Å². The van der Waals surface area contributed by atoms with Crippen LogP contribution in [0.2, 0.25) is 0 Å². The van der Waals surface area contributed by atoms with E-state index in [1.165, 1.54) is 12.3 Å². The Morgan fingerprint density at radius 3 is 2.77 bits per heavy atom. The molecule has 1 rings (SSSR count). The van der Waals surface area contributed by atoms with Gasteiger partial charge in [-0.3, -0.25) is 0 Å². The van der Waals surface area contributed by atoms with Crippen LogP contribution in [0.1, 0.15) is 11.5 Å². The summed E-state index contributed by atoms with van der Waals surface area (Å²) in [5, 5.41) is 17.2. The lowest BCUT2D eigenvalue weighted by atomic mass is 10.3. The molecule has 68 valence electrons. The number of aliphatic hydroxyl groups excluding tert-OH is 1. The molecule has 0 amide bonds.